The molecule has 0 heterocycles. The van der Waals surface area contributed by atoms with Crippen molar-refractivity contribution in [3.05, 3.63) is 60.8 Å². The van der Waals surface area contributed by atoms with Crippen LogP contribution < -0.4 is 0 Å². The van der Waals surface area contributed by atoms with Gasteiger partial charge in [0.15, 0.2) is 0 Å². The Hall–Kier alpha value is -1.91. The van der Waals surface area contributed by atoms with E-state index in [1.54, 1.807) is 18.2 Å². The molecule has 0 bridgehead atoms. The molecule has 4 nitrogen and oxygen atoms in total. The Bertz CT molecular complexity index is 458. The minimum atomic E-state index is -0.836. The summed E-state index contributed by atoms with van der Waals surface area (Å²) in [6, 6.07) is 0. The summed E-state index contributed by atoms with van der Waals surface area (Å²) in [6.07, 6.45) is 21.0. The van der Waals surface area contributed by atoms with Gasteiger partial charge in [-0.25, -0.2) is 0 Å². The molecule has 134 valence electrons. The number of aliphatic hydroxyl groups is 2. The van der Waals surface area contributed by atoms with Crippen molar-refractivity contribution in [1.29, 1.82) is 0 Å². The molecule has 24 heavy (non-hydrogen) atoms. The first kappa shape index (κ1) is 22.1. The Balaban J connectivity index is 3.81. The second-order valence-electron chi connectivity index (χ2n) is 5.40. The number of hydrogen-bond donors (Lipinski definition) is 3. The lowest BCUT2D eigenvalue weighted by molar-refractivity contribution is -0.137. The molecule has 0 spiro atoms. The fourth-order valence-corrected chi connectivity index (χ4v) is 1.82. The van der Waals surface area contributed by atoms with Crippen LogP contribution in [-0.2, 0) is 4.79 Å². The maximum absolute atomic E-state index is 10.3. The molecule has 0 aromatic carbocycles. The summed E-state index contributed by atoms with van der Waals surface area (Å²) in [7, 11) is 0. The van der Waals surface area contributed by atoms with Crippen LogP contribution in [0.15, 0.2) is 60.8 Å². The Morgan fingerprint density at radius 2 is 1.54 bits per heavy atom. The molecule has 0 aromatic rings. The quantitative estimate of drug-likeness (QED) is 0.352. The fourth-order valence-electron chi connectivity index (χ4n) is 1.82. The number of carboxylic acids is 1. The summed E-state index contributed by atoms with van der Waals surface area (Å²) >= 11 is 0. The number of hydrogen-bond acceptors (Lipinski definition) is 3. The third-order valence-corrected chi connectivity index (χ3v) is 3.10. The first-order chi connectivity index (χ1) is 11.6. The molecule has 0 radical (unpaired) electrons. The smallest absolute Gasteiger partial charge is 0.303 e. The van der Waals surface area contributed by atoms with Crippen molar-refractivity contribution in [2.24, 2.45) is 0 Å². The van der Waals surface area contributed by atoms with E-state index in [9.17, 15) is 15.0 Å². The van der Waals surface area contributed by atoms with E-state index in [0.717, 1.165) is 12.8 Å². The zero-order chi connectivity index (χ0) is 18.0. The molecule has 0 amide bonds. The van der Waals surface area contributed by atoms with Crippen molar-refractivity contribution in [3.8, 4) is 0 Å². The molecule has 0 aliphatic heterocycles. The third-order valence-electron chi connectivity index (χ3n) is 3.10. The Labute approximate surface area is 145 Å². The highest BCUT2D eigenvalue weighted by atomic mass is 16.4. The summed E-state index contributed by atoms with van der Waals surface area (Å²) in [5.74, 6) is -0.836. The van der Waals surface area contributed by atoms with E-state index in [0.29, 0.717) is 19.3 Å². The fraction of sp³-hybridized carbons (Fsp3) is 0.450. The Morgan fingerprint density at radius 3 is 2.12 bits per heavy atom. The van der Waals surface area contributed by atoms with Gasteiger partial charge >= 0.3 is 5.97 Å². The predicted octanol–water partition coefficient (Wildman–Crippen LogP) is 3.93. The van der Waals surface area contributed by atoms with E-state index >= 15 is 0 Å². The van der Waals surface area contributed by atoms with Crippen LogP contribution >= 0.6 is 0 Å². The average Bonchev–Trinajstić information content (AvgIpc) is 2.53. The molecular formula is C20H30O4. The van der Waals surface area contributed by atoms with E-state index in [4.69, 9.17) is 5.11 Å². The van der Waals surface area contributed by atoms with Crippen molar-refractivity contribution in [1.82, 2.24) is 0 Å². The van der Waals surface area contributed by atoms with Crippen molar-refractivity contribution >= 4 is 5.97 Å². The summed E-state index contributed by atoms with van der Waals surface area (Å²) in [5, 5.41) is 27.7. The van der Waals surface area contributed by atoms with Gasteiger partial charge in [-0.15, -0.1) is 0 Å². The molecule has 0 saturated carbocycles. The van der Waals surface area contributed by atoms with Crippen LogP contribution in [0.4, 0.5) is 0 Å². The highest BCUT2D eigenvalue weighted by Gasteiger charge is 2.01. The van der Waals surface area contributed by atoms with Crippen molar-refractivity contribution in [2.75, 3.05) is 0 Å². The first-order valence-electron chi connectivity index (χ1n) is 8.45. The number of allylic oxidation sites excluding steroid dienone is 7. The van der Waals surface area contributed by atoms with E-state index in [-0.39, 0.29) is 6.42 Å². The zero-order valence-corrected chi connectivity index (χ0v) is 14.4. The van der Waals surface area contributed by atoms with Crippen LogP contribution in [0.5, 0.6) is 0 Å². The van der Waals surface area contributed by atoms with Crippen LogP contribution in [0.1, 0.15) is 45.4 Å². The average molecular weight is 334 g/mol. The standard InChI is InChI=1S/C20H30O4/c1-2-3-9-13-18(21)14-10-7-5-4-6-8-11-15-19(22)16-12-17-20(23)24/h3,5-11,14-15,18-19,21-22H,2,4,12-13,16-17H2,1H3,(H,23,24)/b7-5-,8-6-,9-3-,14-10+,15-11+/t18-,19+/m0/s1. The third kappa shape index (κ3) is 16.5. The second-order valence-corrected chi connectivity index (χ2v) is 5.40. The molecule has 0 fully saturated rings. The molecule has 0 rings (SSSR count). The van der Waals surface area contributed by atoms with Gasteiger partial charge in [-0.2, -0.15) is 0 Å². The largest absolute Gasteiger partial charge is 0.481 e. The molecule has 0 aromatic heterocycles. The van der Waals surface area contributed by atoms with Gasteiger partial charge in [-0.1, -0.05) is 67.7 Å². The highest BCUT2D eigenvalue weighted by molar-refractivity contribution is 5.66. The van der Waals surface area contributed by atoms with Gasteiger partial charge < -0.3 is 15.3 Å². The van der Waals surface area contributed by atoms with Gasteiger partial charge in [0.25, 0.3) is 0 Å². The van der Waals surface area contributed by atoms with Gasteiger partial charge in [0.2, 0.25) is 0 Å². The van der Waals surface area contributed by atoms with E-state index < -0.39 is 18.2 Å². The van der Waals surface area contributed by atoms with Crippen molar-refractivity contribution < 1.29 is 20.1 Å². The van der Waals surface area contributed by atoms with Gasteiger partial charge in [-0.3, -0.25) is 4.79 Å². The van der Waals surface area contributed by atoms with Gasteiger partial charge in [0.1, 0.15) is 0 Å². The zero-order valence-electron chi connectivity index (χ0n) is 14.4. The molecule has 3 N–H and O–H groups in total. The number of rotatable bonds is 13. The summed E-state index contributed by atoms with van der Waals surface area (Å²) in [5.41, 5.74) is 0. The SMILES string of the molecule is CC/C=C\C[C@H](O)/C=C/C=C\C/C=C\C=C\[C@@H](O)CCCC(=O)O. The van der Waals surface area contributed by atoms with E-state index in [2.05, 4.69) is 6.92 Å². The van der Waals surface area contributed by atoms with E-state index in [1.165, 1.54) is 0 Å². The Morgan fingerprint density at radius 1 is 0.917 bits per heavy atom. The predicted molar refractivity (Wildman–Crippen MR) is 98.7 cm³/mol. The highest BCUT2D eigenvalue weighted by Crippen LogP contribution is 2.02. The van der Waals surface area contributed by atoms with Crippen LogP contribution in [0.25, 0.3) is 0 Å². The monoisotopic (exact) mass is 334 g/mol. The second kappa shape index (κ2) is 16.0. The van der Waals surface area contributed by atoms with Crippen molar-refractivity contribution in [2.45, 2.75) is 57.7 Å². The summed E-state index contributed by atoms with van der Waals surface area (Å²) in [6.45, 7) is 2.06. The van der Waals surface area contributed by atoms with Crippen LogP contribution in [0.3, 0.4) is 0 Å². The van der Waals surface area contributed by atoms with Gasteiger partial charge in [-0.05, 0) is 32.1 Å². The first-order valence-corrected chi connectivity index (χ1v) is 8.45. The topological polar surface area (TPSA) is 77.8 Å². The molecule has 4 heteroatoms. The number of aliphatic carboxylic acids is 1. The van der Waals surface area contributed by atoms with E-state index in [1.807, 2.05) is 42.5 Å². The summed E-state index contributed by atoms with van der Waals surface area (Å²) in [4.78, 5) is 10.3. The van der Waals surface area contributed by atoms with Crippen LogP contribution in [0, 0.1) is 0 Å². The van der Waals surface area contributed by atoms with Gasteiger partial charge in [0, 0.05) is 6.42 Å². The maximum atomic E-state index is 10.3. The maximum Gasteiger partial charge on any atom is 0.303 e. The Kier molecular flexibility index (Phi) is 14.7. The number of aliphatic hydroxyl groups excluding tert-OH is 2. The van der Waals surface area contributed by atoms with Crippen LogP contribution in [0.2, 0.25) is 0 Å². The molecule has 0 unspecified atom stereocenters. The molecule has 0 saturated heterocycles. The minimum Gasteiger partial charge on any atom is -0.481 e. The molecular weight excluding hydrogens is 304 g/mol. The number of carbonyl (C=O) groups is 1. The minimum absolute atomic E-state index is 0.0860. The van der Waals surface area contributed by atoms with Crippen LogP contribution in [-0.4, -0.2) is 33.5 Å². The molecule has 0 aliphatic carbocycles. The normalized spacial score (nSPS) is 15.5. The lowest BCUT2D eigenvalue weighted by Gasteiger charge is -2.02. The van der Waals surface area contributed by atoms with Crippen molar-refractivity contribution in [3.63, 3.8) is 0 Å². The molecule has 0 aliphatic rings. The van der Waals surface area contributed by atoms with Gasteiger partial charge in [0.05, 0.1) is 12.2 Å². The summed E-state index contributed by atoms with van der Waals surface area (Å²) < 4.78 is 0. The number of carboxylic acid groups (broad SMARTS) is 1. The molecule has 2 atom stereocenters. The lowest BCUT2D eigenvalue weighted by Crippen LogP contribution is -2.03. The lowest BCUT2D eigenvalue weighted by atomic mass is 10.1.